The molecule has 1 aromatic carbocycles. The highest BCUT2D eigenvalue weighted by Crippen LogP contribution is 2.36. The molecule has 1 aromatic heterocycles. The molecule has 0 saturated heterocycles. The van der Waals surface area contributed by atoms with Crippen LogP contribution in [0.4, 0.5) is 0 Å². The van der Waals surface area contributed by atoms with Crippen LogP contribution in [0.15, 0.2) is 36.7 Å². The number of carboxylic acids is 1. The second-order valence-corrected chi connectivity index (χ2v) is 7.43. The number of hydrogen-bond acceptors (Lipinski definition) is 4. The molecule has 0 aliphatic heterocycles. The van der Waals surface area contributed by atoms with E-state index in [1.54, 1.807) is 19.1 Å². The average molecular weight is 380 g/mol. The van der Waals surface area contributed by atoms with E-state index in [1.807, 2.05) is 31.5 Å². The molecular formula is C23H29N3O2. The summed E-state index contributed by atoms with van der Waals surface area (Å²) in [6.45, 7) is 5.77. The fraction of sp³-hybridized carbons (Fsp3) is 0.478. The quantitative estimate of drug-likeness (QED) is 0.576. The third-order valence-electron chi connectivity index (χ3n) is 5.39. The van der Waals surface area contributed by atoms with E-state index in [2.05, 4.69) is 23.0 Å². The summed E-state index contributed by atoms with van der Waals surface area (Å²) < 4.78 is 0. The van der Waals surface area contributed by atoms with Gasteiger partial charge < -0.3 is 5.11 Å². The highest BCUT2D eigenvalue weighted by molar-refractivity contribution is 5.82. The highest BCUT2D eigenvalue weighted by Gasteiger charge is 2.43. The lowest BCUT2D eigenvalue weighted by atomic mass is 9.70. The zero-order valence-corrected chi connectivity index (χ0v) is 17.0. The van der Waals surface area contributed by atoms with Gasteiger partial charge in [0.05, 0.1) is 12.0 Å². The van der Waals surface area contributed by atoms with Crippen LogP contribution < -0.4 is 0 Å². The Morgan fingerprint density at radius 1 is 1.14 bits per heavy atom. The molecule has 2 unspecified atom stereocenters. The first-order valence-corrected chi connectivity index (χ1v) is 10.0. The predicted octanol–water partition coefficient (Wildman–Crippen LogP) is 5.16. The number of hydrogen-bond donors (Lipinski definition) is 1. The number of unbranched alkanes of at least 4 members (excludes halogenated alkanes) is 2. The van der Waals surface area contributed by atoms with Gasteiger partial charge in [0.2, 0.25) is 0 Å². The Kier molecular flexibility index (Phi) is 7.69. The van der Waals surface area contributed by atoms with Gasteiger partial charge in [0, 0.05) is 18.0 Å². The van der Waals surface area contributed by atoms with Crippen LogP contribution in [0.5, 0.6) is 0 Å². The Morgan fingerprint density at radius 3 is 2.29 bits per heavy atom. The van der Waals surface area contributed by atoms with E-state index in [-0.39, 0.29) is 0 Å². The molecule has 148 valence electrons. The summed E-state index contributed by atoms with van der Waals surface area (Å²) >= 11 is 0. The summed E-state index contributed by atoms with van der Waals surface area (Å²) in [6.07, 6.45) is 9.54. The number of carboxylic acid groups (broad SMARTS) is 1. The fourth-order valence-corrected chi connectivity index (χ4v) is 3.42. The van der Waals surface area contributed by atoms with Gasteiger partial charge in [-0.2, -0.15) is 5.26 Å². The molecule has 0 saturated carbocycles. The van der Waals surface area contributed by atoms with Crippen LogP contribution in [0, 0.1) is 17.2 Å². The topological polar surface area (TPSA) is 86.9 Å². The fourth-order valence-electron chi connectivity index (χ4n) is 3.42. The van der Waals surface area contributed by atoms with Crippen molar-refractivity contribution in [1.82, 2.24) is 9.97 Å². The van der Waals surface area contributed by atoms with Crippen molar-refractivity contribution in [1.29, 1.82) is 5.26 Å². The van der Waals surface area contributed by atoms with Gasteiger partial charge in [-0.1, -0.05) is 57.4 Å². The summed E-state index contributed by atoms with van der Waals surface area (Å²) in [5.41, 5.74) is 1.34. The molecule has 0 aliphatic rings. The van der Waals surface area contributed by atoms with E-state index in [0.717, 1.165) is 30.4 Å². The van der Waals surface area contributed by atoms with E-state index in [9.17, 15) is 15.2 Å². The number of aromatic nitrogens is 2. The number of carbonyl (C=O) groups is 1. The standard InChI is InChI=1S/C23H29N3O2/c1-4-6-7-9-17-15-25-21(26-16-17)18-10-12-19(13-11-18)23(3,22(27)28)20(14-24)8-5-2/h10-13,15-16,20H,4-9H2,1-3H3,(H,27,28). The third kappa shape index (κ3) is 4.75. The zero-order valence-electron chi connectivity index (χ0n) is 17.0. The number of aryl methyl sites for hydroxylation is 1. The van der Waals surface area contributed by atoms with Gasteiger partial charge in [0.15, 0.2) is 5.82 Å². The Morgan fingerprint density at radius 2 is 1.79 bits per heavy atom. The predicted molar refractivity (Wildman–Crippen MR) is 110 cm³/mol. The van der Waals surface area contributed by atoms with Crippen LogP contribution in [0.1, 0.15) is 64.0 Å². The molecule has 2 aromatic rings. The molecule has 0 amide bonds. The van der Waals surface area contributed by atoms with Gasteiger partial charge in [-0.15, -0.1) is 0 Å². The molecular weight excluding hydrogens is 350 g/mol. The maximum absolute atomic E-state index is 12.0. The first-order valence-electron chi connectivity index (χ1n) is 10.0. The molecule has 28 heavy (non-hydrogen) atoms. The van der Waals surface area contributed by atoms with Crippen molar-refractivity contribution in [3.05, 3.63) is 47.8 Å². The smallest absolute Gasteiger partial charge is 0.315 e. The molecule has 5 heteroatoms. The second kappa shape index (κ2) is 9.98. The van der Waals surface area contributed by atoms with Gasteiger partial charge in [0.25, 0.3) is 0 Å². The number of nitriles is 1. The van der Waals surface area contributed by atoms with Crippen LogP contribution in [0.3, 0.4) is 0 Å². The van der Waals surface area contributed by atoms with E-state index in [4.69, 9.17) is 0 Å². The van der Waals surface area contributed by atoms with Gasteiger partial charge in [-0.05, 0) is 37.3 Å². The van der Waals surface area contributed by atoms with Crippen molar-refractivity contribution in [2.75, 3.05) is 0 Å². The highest BCUT2D eigenvalue weighted by atomic mass is 16.4. The van der Waals surface area contributed by atoms with Crippen molar-refractivity contribution in [3.8, 4) is 17.5 Å². The minimum atomic E-state index is -1.24. The summed E-state index contributed by atoms with van der Waals surface area (Å²) in [5, 5.41) is 19.3. The van der Waals surface area contributed by atoms with Crippen molar-refractivity contribution in [3.63, 3.8) is 0 Å². The number of rotatable bonds is 10. The third-order valence-corrected chi connectivity index (χ3v) is 5.39. The van der Waals surface area contributed by atoms with Crippen molar-refractivity contribution in [2.24, 2.45) is 5.92 Å². The van der Waals surface area contributed by atoms with E-state index in [0.29, 0.717) is 17.8 Å². The lowest BCUT2D eigenvalue weighted by molar-refractivity contribution is -0.144. The van der Waals surface area contributed by atoms with Gasteiger partial charge in [-0.25, -0.2) is 9.97 Å². The molecule has 2 atom stereocenters. The summed E-state index contributed by atoms with van der Waals surface area (Å²) in [7, 11) is 0. The van der Waals surface area contributed by atoms with E-state index < -0.39 is 17.3 Å². The maximum atomic E-state index is 12.0. The molecule has 1 N–H and O–H groups in total. The zero-order chi connectivity index (χ0) is 20.6. The molecule has 0 radical (unpaired) electrons. The van der Waals surface area contributed by atoms with Crippen LogP contribution in [0.25, 0.3) is 11.4 Å². The summed E-state index contributed by atoms with van der Waals surface area (Å²) in [6, 6.07) is 9.42. The second-order valence-electron chi connectivity index (χ2n) is 7.43. The van der Waals surface area contributed by atoms with Gasteiger partial charge in [-0.3, -0.25) is 4.79 Å². The van der Waals surface area contributed by atoms with Crippen LogP contribution in [-0.4, -0.2) is 21.0 Å². The largest absolute Gasteiger partial charge is 0.481 e. The summed E-state index contributed by atoms with van der Waals surface area (Å²) in [5.74, 6) is -0.944. The van der Waals surface area contributed by atoms with Crippen molar-refractivity contribution < 1.29 is 9.90 Å². The Bertz CT molecular complexity index is 809. The first kappa shape index (κ1) is 21.6. The first-order chi connectivity index (χ1) is 13.5. The van der Waals surface area contributed by atoms with Crippen LogP contribution >= 0.6 is 0 Å². The SMILES string of the molecule is CCCCCc1cnc(-c2ccc(C(C)(C(=O)O)C(C#N)CCC)cc2)nc1. The van der Waals surface area contributed by atoms with Crippen molar-refractivity contribution in [2.45, 2.75) is 64.7 Å². The van der Waals surface area contributed by atoms with Gasteiger partial charge >= 0.3 is 5.97 Å². The number of aliphatic carboxylic acids is 1. The van der Waals surface area contributed by atoms with E-state index in [1.165, 1.54) is 12.8 Å². The van der Waals surface area contributed by atoms with Crippen LogP contribution in [-0.2, 0) is 16.6 Å². The monoisotopic (exact) mass is 379 g/mol. The Balaban J connectivity index is 2.24. The van der Waals surface area contributed by atoms with Crippen LogP contribution in [0.2, 0.25) is 0 Å². The average Bonchev–Trinajstić information content (AvgIpc) is 2.72. The lowest BCUT2D eigenvalue weighted by Gasteiger charge is -2.30. The van der Waals surface area contributed by atoms with Gasteiger partial charge in [0.1, 0.15) is 5.41 Å². The molecule has 2 rings (SSSR count). The molecule has 5 nitrogen and oxygen atoms in total. The number of nitrogens with zero attached hydrogens (tertiary/aromatic N) is 3. The molecule has 1 heterocycles. The molecule has 0 aliphatic carbocycles. The molecule has 0 spiro atoms. The van der Waals surface area contributed by atoms with E-state index >= 15 is 0 Å². The van der Waals surface area contributed by atoms with Crippen molar-refractivity contribution >= 4 is 5.97 Å². The minimum Gasteiger partial charge on any atom is -0.481 e. The number of benzene rings is 1. The normalized spacial score (nSPS) is 14.1. The maximum Gasteiger partial charge on any atom is 0.315 e. The Hall–Kier alpha value is -2.74. The molecule has 0 fully saturated rings. The molecule has 0 bridgehead atoms. The minimum absolute atomic E-state index is 0.545. The Labute approximate surface area is 167 Å². The summed E-state index contributed by atoms with van der Waals surface area (Å²) in [4.78, 5) is 20.9. The lowest BCUT2D eigenvalue weighted by Crippen LogP contribution is -2.39.